The Labute approximate surface area is 109 Å². The Hall–Kier alpha value is -0.220. The molecule has 1 N–H and O–H groups in total. The van der Waals surface area contributed by atoms with Gasteiger partial charge in [-0.3, -0.25) is 4.99 Å². The van der Waals surface area contributed by atoms with E-state index >= 15 is 0 Å². The normalized spacial score (nSPS) is 35.8. The number of hydrogen-bond donors (Lipinski definition) is 1. The lowest BCUT2D eigenvalue weighted by Crippen LogP contribution is -2.32. The molecule has 4 heteroatoms. The monoisotopic (exact) mass is 256 g/mol. The first-order chi connectivity index (χ1) is 8.20. The Morgan fingerprint density at radius 3 is 3.00 bits per heavy atom. The number of hydrogen-bond acceptors (Lipinski definition) is 3. The molecule has 3 atom stereocenters. The van der Waals surface area contributed by atoms with E-state index in [1.54, 1.807) is 0 Å². The van der Waals surface area contributed by atoms with Crippen molar-refractivity contribution in [1.82, 2.24) is 5.32 Å². The van der Waals surface area contributed by atoms with Crippen LogP contribution in [0.1, 0.15) is 33.6 Å². The number of rotatable bonds is 4. The molecular formula is C13H24N2OS. The van der Waals surface area contributed by atoms with Crippen LogP contribution in [0.15, 0.2) is 4.99 Å². The fourth-order valence-corrected chi connectivity index (χ4v) is 3.62. The zero-order chi connectivity index (χ0) is 12.3. The van der Waals surface area contributed by atoms with Crippen LogP contribution in [-0.2, 0) is 4.74 Å². The van der Waals surface area contributed by atoms with Crippen LogP contribution in [0.2, 0.25) is 0 Å². The van der Waals surface area contributed by atoms with Crippen LogP contribution in [0.4, 0.5) is 0 Å². The van der Waals surface area contributed by atoms with Gasteiger partial charge in [0.2, 0.25) is 0 Å². The van der Waals surface area contributed by atoms with E-state index in [-0.39, 0.29) is 0 Å². The predicted octanol–water partition coefficient (Wildman–Crippen LogP) is 2.52. The number of nitrogens with one attached hydrogen (secondary N) is 1. The lowest BCUT2D eigenvalue weighted by Gasteiger charge is -2.15. The summed E-state index contributed by atoms with van der Waals surface area (Å²) in [7, 11) is 0. The van der Waals surface area contributed by atoms with E-state index in [1.165, 1.54) is 6.42 Å². The van der Waals surface area contributed by atoms with Gasteiger partial charge in [-0.2, -0.15) is 0 Å². The standard InChI is InChI=1S/C13H24N2OS/c1-4-12-10(5-6-16-12)7-14-13-15-11(8-17-13)9(2)3/h9-12H,4-8H2,1-3H3,(H,14,15). The molecule has 0 saturated carbocycles. The molecular weight excluding hydrogens is 232 g/mol. The summed E-state index contributed by atoms with van der Waals surface area (Å²) < 4.78 is 5.69. The maximum Gasteiger partial charge on any atom is 0.156 e. The van der Waals surface area contributed by atoms with Crippen LogP contribution in [0.5, 0.6) is 0 Å². The quantitative estimate of drug-likeness (QED) is 0.839. The molecule has 0 bridgehead atoms. The first-order valence-electron chi connectivity index (χ1n) is 6.76. The maximum absolute atomic E-state index is 5.69. The SMILES string of the molecule is CCC1OCCC1CN=C1NC(C(C)C)CS1. The van der Waals surface area contributed by atoms with Crippen molar-refractivity contribution < 1.29 is 4.74 Å². The Morgan fingerprint density at radius 1 is 1.53 bits per heavy atom. The summed E-state index contributed by atoms with van der Waals surface area (Å²) in [5.74, 6) is 2.48. The molecule has 0 aromatic rings. The summed E-state index contributed by atoms with van der Waals surface area (Å²) in [6, 6.07) is 0.598. The molecule has 0 amide bonds. The summed E-state index contributed by atoms with van der Waals surface area (Å²) in [6.07, 6.45) is 2.73. The second-order valence-corrected chi connectivity index (χ2v) is 6.33. The van der Waals surface area contributed by atoms with Crippen molar-refractivity contribution in [2.75, 3.05) is 18.9 Å². The van der Waals surface area contributed by atoms with E-state index in [9.17, 15) is 0 Å². The number of nitrogens with zero attached hydrogens (tertiary/aromatic N) is 1. The molecule has 17 heavy (non-hydrogen) atoms. The van der Waals surface area contributed by atoms with Crippen LogP contribution in [0.3, 0.4) is 0 Å². The second-order valence-electron chi connectivity index (χ2n) is 5.32. The van der Waals surface area contributed by atoms with Crippen molar-refractivity contribution in [3.63, 3.8) is 0 Å². The van der Waals surface area contributed by atoms with E-state index in [1.807, 2.05) is 11.8 Å². The molecule has 3 unspecified atom stereocenters. The average Bonchev–Trinajstić information content (AvgIpc) is 2.95. The third kappa shape index (κ3) is 3.38. The van der Waals surface area contributed by atoms with Crippen molar-refractivity contribution in [1.29, 1.82) is 0 Å². The molecule has 2 aliphatic heterocycles. The fraction of sp³-hybridized carbons (Fsp3) is 0.923. The zero-order valence-electron chi connectivity index (χ0n) is 11.1. The summed E-state index contributed by atoms with van der Waals surface area (Å²) in [5.41, 5.74) is 0. The molecule has 2 fully saturated rings. The molecule has 0 aromatic heterocycles. The van der Waals surface area contributed by atoms with Crippen LogP contribution in [-0.4, -0.2) is 36.2 Å². The number of ether oxygens (including phenoxy) is 1. The third-order valence-corrected chi connectivity index (χ3v) is 4.78. The Bertz CT molecular complexity index is 281. The van der Waals surface area contributed by atoms with Crippen LogP contribution in [0, 0.1) is 11.8 Å². The predicted molar refractivity (Wildman–Crippen MR) is 74.7 cm³/mol. The Morgan fingerprint density at radius 2 is 2.35 bits per heavy atom. The highest BCUT2D eigenvalue weighted by atomic mass is 32.2. The molecule has 2 aliphatic rings. The topological polar surface area (TPSA) is 33.6 Å². The van der Waals surface area contributed by atoms with E-state index in [2.05, 4.69) is 26.1 Å². The summed E-state index contributed by atoms with van der Waals surface area (Å²) in [6.45, 7) is 8.58. The Balaban J connectivity index is 1.81. The van der Waals surface area contributed by atoms with Gasteiger partial charge in [0, 0.05) is 30.9 Å². The van der Waals surface area contributed by atoms with Gasteiger partial charge in [-0.1, -0.05) is 32.5 Å². The lowest BCUT2D eigenvalue weighted by atomic mass is 10.0. The molecule has 0 aromatic carbocycles. The summed E-state index contributed by atoms with van der Waals surface area (Å²) in [4.78, 5) is 4.72. The largest absolute Gasteiger partial charge is 0.378 e. The molecule has 0 spiro atoms. The minimum atomic E-state index is 0.437. The van der Waals surface area contributed by atoms with E-state index < -0.39 is 0 Å². The number of aliphatic imine (C=N–C) groups is 1. The highest BCUT2D eigenvalue weighted by molar-refractivity contribution is 8.14. The molecule has 98 valence electrons. The van der Waals surface area contributed by atoms with Gasteiger partial charge in [0.05, 0.1) is 6.10 Å². The smallest absolute Gasteiger partial charge is 0.156 e. The van der Waals surface area contributed by atoms with Crippen molar-refractivity contribution in [2.45, 2.75) is 45.8 Å². The van der Waals surface area contributed by atoms with Gasteiger partial charge in [-0.05, 0) is 18.8 Å². The highest BCUT2D eigenvalue weighted by Crippen LogP contribution is 2.25. The summed E-state index contributed by atoms with van der Waals surface area (Å²) >= 11 is 1.87. The first kappa shape index (κ1) is 13.2. The van der Waals surface area contributed by atoms with E-state index in [0.29, 0.717) is 24.0 Å². The molecule has 2 heterocycles. The zero-order valence-corrected chi connectivity index (χ0v) is 11.9. The van der Waals surface area contributed by atoms with E-state index in [4.69, 9.17) is 9.73 Å². The van der Waals surface area contributed by atoms with Gasteiger partial charge in [0.25, 0.3) is 0 Å². The van der Waals surface area contributed by atoms with Crippen LogP contribution >= 0.6 is 11.8 Å². The molecule has 3 nitrogen and oxygen atoms in total. The van der Waals surface area contributed by atoms with Crippen LogP contribution < -0.4 is 5.32 Å². The minimum absolute atomic E-state index is 0.437. The molecule has 0 radical (unpaired) electrons. The van der Waals surface area contributed by atoms with Gasteiger partial charge < -0.3 is 10.1 Å². The van der Waals surface area contributed by atoms with Gasteiger partial charge in [-0.15, -0.1) is 0 Å². The van der Waals surface area contributed by atoms with Crippen molar-refractivity contribution in [3.8, 4) is 0 Å². The van der Waals surface area contributed by atoms with Crippen molar-refractivity contribution in [3.05, 3.63) is 0 Å². The summed E-state index contributed by atoms with van der Waals surface area (Å²) in [5, 5.41) is 4.66. The first-order valence-corrected chi connectivity index (χ1v) is 7.74. The molecule has 0 aliphatic carbocycles. The van der Waals surface area contributed by atoms with Gasteiger partial charge in [0.15, 0.2) is 5.17 Å². The Kier molecular flexibility index (Phi) is 4.74. The fourth-order valence-electron chi connectivity index (χ4n) is 2.41. The highest BCUT2D eigenvalue weighted by Gasteiger charge is 2.27. The maximum atomic E-state index is 5.69. The van der Waals surface area contributed by atoms with Crippen molar-refractivity contribution >= 4 is 16.9 Å². The number of amidine groups is 1. The van der Waals surface area contributed by atoms with E-state index in [0.717, 1.165) is 30.5 Å². The van der Waals surface area contributed by atoms with Gasteiger partial charge in [-0.25, -0.2) is 0 Å². The van der Waals surface area contributed by atoms with Crippen molar-refractivity contribution in [2.24, 2.45) is 16.8 Å². The molecule has 2 saturated heterocycles. The van der Waals surface area contributed by atoms with Gasteiger partial charge in [0.1, 0.15) is 0 Å². The lowest BCUT2D eigenvalue weighted by molar-refractivity contribution is 0.0893. The minimum Gasteiger partial charge on any atom is -0.378 e. The van der Waals surface area contributed by atoms with Gasteiger partial charge >= 0.3 is 0 Å². The molecule has 2 rings (SSSR count). The number of thioether (sulfide) groups is 1. The average molecular weight is 256 g/mol. The van der Waals surface area contributed by atoms with Crippen LogP contribution in [0.25, 0.3) is 0 Å². The second kappa shape index (κ2) is 6.10. The third-order valence-electron chi connectivity index (χ3n) is 3.73.